The van der Waals surface area contributed by atoms with Crippen LogP contribution in [0.25, 0.3) is 11.1 Å². The maximum Gasteiger partial charge on any atom is 0.319 e. The zero-order valence-corrected chi connectivity index (χ0v) is 19.6. The first kappa shape index (κ1) is 23.6. The van der Waals surface area contributed by atoms with Gasteiger partial charge in [0, 0.05) is 37.4 Å². The minimum atomic E-state index is -0.312. The van der Waals surface area contributed by atoms with Crippen molar-refractivity contribution in [3.05, 3.63) is 59.9 Å². The van der Waals surface area contributed by atoms with Gasteiger partial charge < -0.3 is 24.8 Å². The average molecular weight is 466 g/mol. The first-order valence-corrected chi connectivity index (χ1v) is 11.4. The Balaban J connectivity index is 1.43. The number of anilines is 1. The Bertz CT molecular complexity index is 1090. The molecule has 9 heteroatoms. The van der Waals surface area contributed by atoms with E-state index >= 15 is 0 Å². The number of ether oxygens (including phenoxy) is 3. The number of nitrogens with one attached hydrogen (secondary N) is 3. The fourth-order valence-corrected chi connectivity index (χ4v) is 3.80. The predicted octanol–water partition coefficient (Wildman–Crippen LogP) is 3.43. The lowest BCUT2D eigenvalue weighted by atomic mass is 10.1. The summed E-state index contributed by atoms with van der Waals surface area (Å²) in [6, 6.07) is 13.0. The molecule has 1 fully saturated rings. The molecular formula is C25H31N5O4. The normalized spacial score (nSPS) is 13.9. The minimum Gasteiger partial charge on any atom is -0.497 e. The molecule has 1 aliphatic heterocycles. The van der Waals surface area contributed by atoms with Crippen molar-refractivity contribution in [2.75, 3.05) is 51.9 Å². The Morgan fingerprint density at radius 3 is 2.82 bits per heavy atom. The molecule has 0 radical (unpaired) electrons. The van der Waals surface area contributed by atoms with Gasteiger partial charge in [-0.3, -0.25) is 10.00 Å². The molecule has 1 aliphatic rings. The number of morpholine rings is 1. The van der Waals surface area contributed by atoms with E-state index in [1.54, 1.807) is 13.3 Å². The van der Waals surface area contributed by atoms with E-state index in [9.17, 15) is 4.79 Å². The Hall–Kier alpha value is -3.56. The predicted molar refractivity (Wildman–Crippen MR) is 130 cm³/mol. The molecule has 2 amide bonds. The summed E-state index contributed by atoms with van der Waals surface area (Å²) in [5, 5.41) is 12.9. The molecule has 34 heavy (non-hydrogen) atoms. The maximum absolute atomic E-state index is 12.6. The lowest BCUT2D eigenvalue weighted by molar-refractivity contribution is 0.0323. The summed E-state index contributed by atoms with van der Waals surface area (Å²) in [6.45, 7) is 6.94. The van der Waals surface area contributed by atoms with Crippen LogP contribution in [-0.2, 0) is 11.3 Å². The van der Waals surface area contributed by atoms with Crippen LogP contribution >= 0.6 is 0 Å². The van der Waals surface area contributed by atoms with E-state index in [1.807, 2.05) is 49.4 Å². The van der Waals surface area contributed by atoms with Gasteiger partial charge in [-0.25, -0.2) is 4.79 Å². The number of carbonyl (C=O) groups excluding carboxylic acids is 1. The Morgan fingerprint density at radius 2 is 2.06 bits per heavy atom. The average Bonchev–Trinajstić information content (AvgIpc) is 3.30. The Kier molecular flexibility index (Phi) is 8.00. The Labute approximate surface area is 199 Å². The first-order chi connectivity index (χ1) is 16.6. The van der Waals surface area contributed by atoms with Gasteiger partial charge in [0.15, 0.2) is 0 Å². The lowest BCUT2D eigenvalue weighted by Crippen LogP contribution is -2.38. The van der Waals surface area contributed by atoms with Gasteiger partial charge in [0.2, 0.25) is 0 Å². The number of amides is 2. The fourth-order valence-electron chi connectivity index (χ4n) is 3.80. The monoisotopic (exact) mass is 465 g/mol. The van der Waals surface area contributed by atoms with Crippen molar-refractivity contribution in [3.8, 4) is 22.6 Å². The lowest BCUT2D eigenvalue weighted by Gasteiger charge is -2.26. The highest BCUT2D eigenvalue weighted by atomic mass is 16.5. The Morgan fingerprint density at radius 1 is 1.21 bits per heavy atom. The van der Waals surface area contributed by atoms with Crippen molar-refractivity contribution in [3.63, 3.8) is 0 Å². The summed E-state index contributed by atoms with van der Waals surface area (Å²) in [4.78, 5) is 14.9. The molecule has 0 atom stereocenters. The number of hydrogen-bond donors (Lipinski definition) is 3. The quantitative estimate of drug-likeness (QED) is 0.448. The standard InChI is InChI=1S/C25H31N5O4/c1-18-22(17-27-29-18)20-6-7-23(24(15-20)34-13-10-30-8-11-33-12-9-30)28-25(31)26-16-19-4-3-5-21(14-19)32-2/h3-7,14-15,17H,8-13,16H2,1-2H3,(H,27,29)(H2,26,28,31). The third kappa shape index (κ3) is 6.27. The molecule has 0 bridgehead atoms. The second kappa shape index (κ2) is 11.5. The molecule has 0 saturated carbocycles. The van der Waals surface area contributed by atoms with Crippen molar-refractivity contribution < 1.29 is 19.0 Å². The number of aromatic nitrogens is 2. The summed E-state index contributed by atoms with van der Waals surface area (Å²) in [5.74, 6) is 1.36. The van der Waals surface area contributed by atoms with E-state index in [-0.39, 0.29) is 6.03 Å². The summed E-state index contributed by atoms with van der Waals surface area (Å²) in [5.41, 5.74) is 4.48. The number of benzene rings is 2. The molecule has 9 nitrogen and oxygen atoms in total. The van der Waals surface area contributed by atoms with Crippen LogP contribution in [0.2, 0.25) is 0 Å². The van der Waals surface area contributed by atoms with Gasteiger partial charge in [-0.1, -0.05) is 18.2 Å². The first-order valence-electron chi connectivity index (χ1n) is 11.4. The number of nitrogens with zero attached hydrogens (tertiary/aromatic N) is 2. The van der Waals surface area contributed by atoms with Gasteiger partial charge in [0.05, 0.1) is 32.2 Å². The van der Waals surface area contributed by atoms with Crippen LogP contribution in [0.4, 0.5) is 10.5 Å². The SMILES string of the molecule is COc1cccc(CNC(=O)Nc2ccc(-c3cn[nH]c3C)cc2OCCN2CCOCC2)c1. The maximum atomic E-state index is 12.6. The molecule has 1 aromatic heterocycles. The van der Waals surface area contributed by atoms with E-state index in [0.717, 1.165) is 61.0 Å². The van der Waals surface area contributed by atoms with Crippen LogP contribution in [0, 0.1) is 6.92 Å². The molecule has 0 aliphatic carbocycles. The van der Waals surface area contributed by atoms with Gasteiger partial charge in [-0.05, 0) is 42.3 Å². The highest BCUT2D eigenvalue weighted by molar-refractivity contribution is 5.91. The van der Waals surface area contributed by atoms with Gasteiger partial charge in [-0.2, -0.15) is 5.10 Å². The summed E-state index contributed by atoms with van der Waals surface area (Å²) >= 11 is 0. The second-order valence-corrected chi connectivity index (χ2v) is 8.08. The number of H-pyrrole nitrogens is 1. The van der Waals surface area contributed by atoms with Gasteiger partial charge in [-0.15, -0.1) is 0 Å². The molecule has 0 spiro atoms. The van der Waals surface area contributed by atoms with Crippen molar-refractivity contribution in [1.82, 2.24) is 20.4 Å². The van der Waals surface area contributed by atoms with E-state index < -0.39 is 0 Å². The molecular weight excluding hydrogens is 434 g/mol. The van der Waals surface area contributed by atoms with Crippen LogP contribution in [0.1, 0.15) is 11.3 Å². The molecule has 1 saturated heterocycles. The van der Waals surface area contributed by atoms with Gasteiger partial charge >= 0.3 is 6.03 Å². The highest BCUT2D eigenvalue weighted by Gasteiger charge is 2.14. The topological polar surface area (TPSA) is 101 Å². The van der Waals surface area contributed by atoms with E-state index in [2.05, 4.69) is 25.7 Å². The number of aryl methyl sites for hydroxylation is 1. The third-order valence-electron chi connectivity index (χ3n) is 5.73. The summed E-state index contributed by atoms with van der Waals surface area (Å²) in [7, 11) is 1.62. The van der Waals surface area contributed by atoms with E-state index in [0.29, 0.717) is 24.6 Å². The number of aromatic amines is 1. The molecule has 2 heterocycles. The highest BCUT2D eigenvalue weighted by Crippen LogP contribution is 2.32. The van der Waals surface area contributed by atoms with Crippen molar-refractivity contribution in [2.24, 2.45) is 0 Å². The van der Waals surface area contributed by atoms with E-state index in [4.69, 9.17) is 14.2 Å². The molecule has 2 aromatic carbocycles. The molecule has 3 N–H and O–H groups in total. The van der Waals surface area contributed by atoms with Crippen molar-refractivity contribution in [2.45, 2.75) is 13.5 Å². The summed E-state index contributed by atoms with van der Waals surface area (Å²) in [6.07, 6.45) is 1.79. The van der Waals surface area contributed by atoms with Crippen LogP contribution in [0.3, 0.4) is 0 Å². The zero-order valence-electron chi connectivity index (χ0n) is 19.6. The number of rotatable bonds is 9. The van der Waals surface area contributed by atoms with Crippen LogP contribution < -0.4 is 20.1 Å². The minimum absolute atomic E-state index is 0.312. The smallest absolute Gasteiger partial charge is 0.319 e. The third-order valence-corrected chi connectivity index (χ3v) is 5.73. The molecule has 180 valence electrons. The zero-order chi connectivity index (χ0) is 23.8. The number of hydrogen-bond acceptors (Lipinski definition) is 6. The number of carbonyl (C=O) groups is 1. The van der Waals surface area contributed by atoms with Crippen molar-refractivity contribution >= 4 is 11.7 Å². The molecule has 0 unspecified atom stereocenters. The largest absolute Gasteiger partial charge is 0.497 e. The van der Waals surface area contributed by atoms with Crippen LogP contribution in [0.5, 0.6) is 11.5 Å². The fraction of sp³-hybridized carbons (Fsp3) is 0.360. The molecule has 3 aromatic rings. The summed E-state index contributed by atoms with van der Waals surface area (Å²) < 4.78 is 16.8. The second-order valence-electron chi connectivity index (χ2n) is 8.08. The number of methoxy groups -OCH3 is 1. The van der Waals surface area contributed by atoms with Gasteiger partial charge in [0.25, 0.3) is 0 Å². The van der Waals surface area contributed by atoms with Crippen molar-refractivity contribution in [1.29, 1.82) is 0 Å². The number of urea groups is 1. The molecule has 4 rings (SSSR count). The van der Waals surface area contributed by atoms with Crippen LogP contribution in [-0.4, -0.2) is 67.7 Å². The van der Waals surface area contributed by atoms with E-state index in [1.165, 1.54) is 0 Å². The van der Waals surface area contributed by atoms with Crippen LogP contribution in [0.15, 0.2) is 48.7 Å². The van der Waals surface area contributed by atoms with Gasteiger partial charge in [0.1, 0.15) is 18.1 Å².